The van der Waals surface area contributed by atoms with Crippen LogP contribution in [0.2, 0.25) is 0 Å². The summed E-state index contributed by atoms with van der Waals surface area (Å²) in [5.74, 6) is 1.43. The van der Waals surface area contributed by atoms with E-state index in [9.17, 15) is 9.59 Å². The van der Waals surface area contributed by atoms with Crippen molar-refractivity contribution in [2.24, 2.45) is 5.92 Å². The van der Waals surface area contributed by atoms with Crippen molar-refractivity contribution in [1.82, 2.24) is 9.80 Å². The lowest BCUT2D eigenvalue weighted by Gasteiger charge is -2.30. The van der Waals surface area contributed by atoms with E-state index in [1.54, 1.807) is 7.11 Å². The second-order valence-corrected chi connectivity index (χ2v) is 8.67. The average molecular weight is 421 g/mol. The van der Waals surface area contributed by atoms with Crippen molar-refractivity contribution in [2.75, 3.05) is 26.7 Å². The van der Waals surface area contributed by atoms with Gasteiger partial charge in [0.1, 0.15) is 5.75 Å². The Labute approximate surface area is 185 Å². The molecule has 1 aliphatic carbocycles. The highest BCUT2D eigenvalue weighted by atomic mass is 16.5. The van der Waals surface area contributed by atoms with E-state index < -0.39 is 0 Å². The van der Waals surface area contributed by atoms with E-state index in [1.165, 1.54) is 12.8 Å². The maximum Gasteiger partial charge on any atom is 0.230 e. The minimum Gasteiger partial charge on any atom is -0.497 e. The molecule has 2 aromatic rings. The monoisotopic (exact) mass is 420 g/mol. The number of methoxy groups -OCH3 is 1. The van der Waals surface area contributed by atoms with Crippen molar-refractivity contribution in [1.29, 1.82) is 0 Å². The number of hydrogen-bond acceptors (Lipinski definition) is 3. The lowest BCUT2D eigenvalue weighted by molar-refractivity contribution is -0.134. The summed E-state index contributed by atoms with van der Waals surface area (Å²) < 4.78 is 5.22. The first-order valence-corrected chi connectivity index (χ1v) is 11.4. The zero-order chi connectivity index (χ0) is 21.6. The van der Waals surface area contributed by atoms with Gasteiger partial charge in [-0.1, -0.05) is 55.3 Å². The molecular weight excluding hydrogens is 388 g/mol. The Kier molecular flexibility index (Phi) is 6.90. The summed E-state index contributed by atoms with van der Waals surface area (Å²) >= 11 is 0. The fraction of sp³-hybridized carbons (Fsp3) is 0.462. The first kappa shape index (κ1) is 21.4. The number of benzene rings is 2. The van der Waals surface area contributed by atoms with Gasteiger partial charge in [-0.2, -0.15) is 0 Å². The molecule has 0 N–H and O–H groups in total. The predicted molar refractivity (Wildman–Crippen MR) is 121 cm³/mol. The molecular formula is C26H32N2O3. The molecule has 31 heavy (non-hydrogen) atoms. The molecule has 2 aliphatic rings. The highest BCUT2D eigenvalue weighted by Gasteiger charge is 2.35. The van der Waals surface area contributed by atoms with Crippen LogP contribution in [0.15, 0.2) is 54.6 Å². The van der Waals surface area contributed by atoms with Gasteiger partial charge in [0.05, 0.1) is 13.0 Å². The van der Waals surface area contributed by atoms with Gasteiger partial charge in [-0.25, -0.2) is 0 Å². The molecule has 1 saturated carbocycles. The van der Waals surface area contributed by atoms with Gasteiger partial charge >= 0.3 is 0 Å². The highest BCUT2D eigenvalue weighted by molar-refractivity contribution is 5.85. The van der Waals surface area contributed by atoms with Crippen LogP contribution in [-0.4, -0.2) is 48.4 Å². The van der Waals surface area contributed by atoms with Gasteiger partial charge in [0.2, 0.25) is 11.8 Å². The summed E-state index contributed by atoms with van der Waals surface area (Å²) in [7, 11) is 1.65. The van der Waals surface area contributed by atoms with Gasteiger partial charge in [-0.15, -0.1) is 0 Å². The van der Waals surface area contributed by atoms with Crippen molar-refractivity contribution in [3.05, 3.63) is 65.7 Å². The van der Waals surface area contributed by atoms with E-state index in [0.29, 0.717) is 38.5 Å². The van der Waals surface area contributed by atoms with E-state index in [1.807, 2.05) is 52.3 Å². The van der Waals surface area contributed by atoms with Crippen LogP contribution in [0.25, 0.3) is 0 Å². The quantitative estimate of drug-likeness (QED) is 0.703. The van der Waals surface area contributed by atoms with Crippen LogP contribution < -0.4 is 4.74 Å². The number of rotatable bonds is 6. The molecule has 2 amide bonds. The SMILES string of the molecule is COc1ccc(CN2CCN(C(=O)[C@H](c3ccccc3)C3CCCC3)CCC2=O)cc1. The molecule has 2 aromatic carbocycles. The second kappa shape index (κ2) is 9.99. The normalized spacial score (nSPS) is 18.7. The van der Waals surface area contributed by atoms with Crippen LogP contribution in [0.1, 0.15) is 49.1 Å². The second-order valence-electron chi connectivity index (χ2n) is 8.67. The number of carbonyl (C=O) groups excluding carboxylic acids is 2. The molecule has 0 aromatic heterocycles. The molecule has 4 rings (SSSR count). The standard InChI is InChI=1S/C26H32N2O3/c1-31-23-13-11-20(12-14-23)19-28-18-17-27(16-15-24(28)29)26(30)25(22-9-5-6-10-22)21-7-3-2-4-8-21/h2-4,7-8,11-14,22,25H,5-6,9-10,15-19H2,1H3/t25-/m1/s1. The highest BCUT2D eigenvalue weighted by Crippen LogP contribution is 2.38. The summed E-state index contributed by atoms with van der Waals surface area (Å²) in [4.78, 5) is 30.2. The average Bonchev–Trinajstić information content (AvgIpc) is 3.27. The molecule has 5 heteroatoms. The number of hydrogen-bond donors (Lipinski definition) is 0. The van der Waals surface area contributed by atoms with Gasteiger partial charge in [-0.05, 0) is 42.0 Å². The van der Waals surface area contributed by atoms with Crippen molar-refractivity contribution < 1.29 is 14.3 Å². The van der Waals surface area contributed by atoms with E-state index in [-0.39, 0.29) is 17.7 Å². The molecule has 1 atom stereocenters. The lowest BCUT2D eigenvalue weighted by Crippen LogP contribution is -2.40. The third kappa shape index (κ3) is 5.09. The molecule has 0 bridgehead atoms. The Bertz CT molecular complexity index is 875. The Morgan fingerprint density at radius 2 is 1.71 bits per heavy atom. The van der Waals surface area contributed by atoms with Gasteiger partial charge in [0.15, 0.2) is 0 Å². The predicted octanol–water partition coefficient (Wildman–Crippen LogP) is 4.23. The topological polar surface area (TPSA) is 49.9 Å². The molecule has 1 heterocycles. The Morgan fingerprint density at radius 3 is 2.39 bits per heavy atom. The first-order valence-electron chi connectivity index (χ1n) is 11.4. The molecule has 164 valence electrons. The summed E-state index contributed by atoms with van der Waals surface area (Å²) in [6.07, 6.45) is 5.02. The van der Waals surface area contributed by atoms with Crippen LogP contribution in [0.3, 0.4) is 0 Å². The van der Waals surface area contributed by atoms with E-state index in [2.05, 4.69) is 12.1 Å². The fourth-order valence-corrected chi connectivity index (χ4v) is 4.97. The van der Waals surface area contributed by atoms with Gasteiger partial charge < -0.3 is 14.5 Å². The minimum absolute atomic E-state index is 0.0908. The molecule has 0 unspecified atom stereocenters. The maximum absolute atomic E-state index is 13.7. The summed E-state index contributed by atoms with van der Waals surface area (Å²) in [6, 6.07) is 18.0. The molecule has 5 nitrogen and oxygen atoms in total. The number of amides is 2. The summed E-state index contributed by atoms with van der Waals surface area (Å²) in [6.45, 7) is 2.24. The molecule has 2 fully saturated rings. The maximum atomic E-state index is 13.7. The fourth-order valence-electron chi connectivity index (χ4n) is 4.97. The van der Waals surface area contributed by atoms with Crippen molar-refractivity contribution in [3.8, 4) is 5.75 Å². The Morgan fingerprint density at radius 1 is 1.00 bits per heavy atom. The number of carbonyl (C=O) groups is 2. The zero-order valence-corrected chi connectivity index (χ0v) is 18.3. The van der Waals surface area contributed by atoms with Gasteiger partial charge in [0.25, 0.3) is 0 Å². The third-order valence-electron chi connectivity index (χ3n) is 6.73. The van der Waals surface area contributed by atoms with Gasteiger partial charge in [0, 0.05) is 32.6 Å². The number of ether oxygens (including phenoxy) is 1. The van der Waals surface area contributed by atoms with Crippen LogP contribution in [0.5, 0.6) is 5.75 Å². The lowest BCUT2D eigenvalue weighted by atomic mass is 9.83. The molecule has 0 spiro atoms. The van der Waals surface area contributed by atoms with E-state index >= 15 is 0 Å². The summed E-state index contributed by atoms with van der Waals surface area (Å²) in [5, 5.41) is 0. The van der Waals surface area contributed by atoms with Gasteiger partial charge in [-0.3, -0.25) is 9.59 Å². The minimum atomic E-state index is -0.0908. The van der Waals surface area contributed by atoms with Crippen molar-refractivity contribution >= 4 is 11.8 Å². The van der Waals surface area contributed by atoms with Crippen LogP contribution in [-0.2, 0) is 16.1 Å². The summed E-state index contributed by atoms with van der Waals surface area (Å²) in [5.41, 5.74) is 2.19. The van der Waals surface area contributed by atoms with Crippen molar-refractivity contribution in [2.45, 2.75) is 44.6 Å². The van der Waals surface area contributed by atoms with E-state index in [4.69, 9.17) is 4.74 Å². The van der Waals surface area contributed by atoms with Crippen LogP contribution >= 0.6 is 0 Å². The first-order chi connectivity index (χ1) is 15.2. The molecule has 1 aliphatic heterocycles. The molecule has 1 saturated heterocycles. The van der Waals surface area contributed by atoms with Crippen LogP contribution in [0, 0.1) is 5.92 Å². The van der Waals surface area contributed by atoms with E-state index in [0.717, 1.165) is 29.7 Å². The van der Waals surface area contributed by atoms with Crippen molar-refractivity contribution in [3.63, 3.8) is 0 Å². The largest absolute Gasteiger partial charge is 0.497 e. The smallest absolute Gasteiger partial charge is 0.230 e. The zero-order valence-electron chi connectivity index (χ0n) is 18.3. The molecule has 0 radical (unpaired) electrons. The van der Waals surface area contributed by atoms with Crippen LogP contribution in [0.4, 0.5) is 0 Å². The number of nitrogens with zero attached hydrogens (tertiary/aromatic N) is 2. The Balaban J connectivity index is 1.45. The Hall–Kier alpha value is -2.82. The third-order valence-corrected chi connectivity index (χ3v) is 6.73.